The molecule has 1 aliphatic rings. The molecule has 0 atom stereocenters. The lowest BCUT2D eigenvalue weighted by Crippen LogP contribution is -2.45. The number of amides is 2. The van der Waals surface area contributed by atoms with Gasteiger partial charge in [-0.05, 0) is 54.4 Å². The lowest BCUT2D eigenvalue weighted by atomic mass is 10.2. The third kappa shape index (κ3) is 7.87. The van der Waals surface area contributed by atoms with Crippen LogP contribution in [0.4, 0.5) is 17.1 Å². The smallest absolute Gasteiger partial charge is 0.234 e. The highest BCUT2D eigenvalue weighted by atomic mass is 32.2. The van der Waals surface area contributed by atoms with Crippen LogP contribution in [-0.4, -0.2) is 54.4 Å². The second-order valence-corrected chi connectivity index (χ2v) is 9.74. The number of aryl methyl sites for hydroxylation is 1. The van der Waals surface area contributed by atoms with Gasteiger partial charge in [0.25, 0.3) is 0 Å². The number of hydrogen-bond acceptors (Lipinski definition) is 5. The van der Waals surface area contributed by atoms with Crippen LogP contribution in [0.3, 0.4) is 0 Å². The van der Waals surface area contributed by atoms with Gasteiger partial charge < -0.3 is 15.5 Å². The van der Waals surface area contributed by atoms with Crippen LogP contribution in [0.1, 0.15) is 11.1 Å². The molecule has 0 bridgehead atoms. The number of nitrogens with one attached hydrogen (secondary N) is 2. The first-order chi connectivity index (χ1) is 17.0. The van der Waals surface area contributed by atoms with E-state index in [1.54, 1.807) is 0 Å². The normalized spacial score (nSPS) is 13.9. The molecule has 1 aliphatic heterocycles. The van der Waals surface area contributed by atoms with Gasteiger partial charge >= 0.3 is 0 Å². The average molecular weight is 489 g/mol. The molecule has 3 aromatic carbocycles. The Bertz CT molecular complexity index is 1110. The van der Waals surface area contributed by atoms with Crippen molar-refractivity contribution in [3.8, 4) is 0 Å². The van der Waals surface area contributed by atoms with Crippen molar-refractivity contribution in [2.45, 2.75) is 13.5 Å². The average Bonchev–Trinajstić information content (AvgIpc) is 2.86. The van der Waals surface area contributed by atoms with Gasteiger partial charge in [0.15, 0.2) is 0 Å². The van der Waals surface area contributed by atoms with Gasteiger partial charge in [-0.3, -0.25) is 14.5 Å². The summed E-state index contributed by atoms with van der Waals surface area (Å²) in [6, 6.07) is 26.3. The van der Waals surface area contributed by atoms with Gasteiger partial charge in [-0.2, -0.15) is 0 Å². The third-order valence-electron chi connectivity index (χ3n) is 5.91. The van der Waals surface area contributed by atoms with E-state index in [9.17, 15) is 9.59 Å². The van der Waals surface area contributed by atoms with Gasteiger partial charge in [0.05, 0.1) is 11.5 Å². The number of thioether (sulfide) groups is 1. The van der Waals surface area contributed by atoms with Crippen LogP contribution < -0.4 is 15.5 Å². The Morgan fingerprint density at radius 3 is 2.09 bits per heavy atom. The molecule has 35 heavy (non-hydrogen) atoms. The molecule has 4 rings (SSSR count). The fourth-order valence-electron chi connectivity index (χ4n) is 4.11. The van der Waals surface area contributed by atoms with Crippen molar-refractivity contribution < 1.29 is 9.59 Å². The highest BCUT2D eigenvalue weighted by Gasteiger charge is 2.17. The number of piperazine rings is 1. The van der Waals surface area contributed by atoms with Crippen molar-refractivity contribution in [1.29, 1.82) is 0 Å². The van der Waals surface area contributed by atoms with Crippen LogP contribution in [-0.2, 0) is 16.1 Å². The highest BCUT2D eigenvalue weighted by Crippen LogP contribution is 2.20. The summed E-state index contributed by atoms with van der Waals surface area (Å²) >= 11 is 1.30. The number of anilines is 3. The first-order valence-corrected chi connectivity index (χ1v) is 13.1. The molecule has 2 amide bonds. The monoisotopic (exact) mass is 488 g/mol. The summed E-state index contributed by atoms with van der Waals surface area (Å²) < 4.78 is 0. The highest BCUT2D eigenvalue weighted by molar-refractivity contribution is 8.00. The number of nitrogens with zero attached hydrogens (tertiary/aromatic N) is 2. The predicted molar refractivity (Wildman–Crippen MR) is 146 cm³/mol. The molecule has 3 aromatic rings. The van der Waals surface area contributed by atoms with Gasteiger partial charge in [-0.25, -0.2) is 0 Å². The molecule has 0 spiro atoms. The lowest BCUT2D eigenvalue weighted by molar-refractivity contribution is -0.114. The Hall–Kier alpha value is -3.29. The van der Waals surface area contributed by atoms with Crippen molar-refractivity contribution in [3.05, 3.63) is 90.0 Å². The van der Waals surface area contributed by atoms with E-state index < -0.39 is 0 Å². The summed E-state index contributed by atoms with van der Waals surface area (Å²) in [5.74, 6) is 0.241. The zero-order valence-corrected chi connectivity index (χ0v) is 20.9. The Balaban J connectivity index is 1.16. The van der Waals surface area contributed by atoms with E-state index in [0.29, 0.717) is 0 Å². The first kappa shape index (κ1) is 24.8. The molecular weight excluding hydrogens is 456 g/mol. The Morgan fingerprint density at radius 2 is 1.43 bits per heavy atom. The van der Waals surface area contributed by atoms with Crippen LogP contribution >= 0.6 is 11.8 Å². The number of carbonyl (C=O) groups excluding carboxylic acids is 2. The fourth-order valence-corrected chi connectivity index (χ4v) is 4.73. The van der Waals surface area contributed by atoms with E-state index in [-0.39, 0.29) is 23.3 Å². The molecule has 1 heterocycles. The van der Waals surface area contributed by atoms with Crippen LogP contribution in [0.15, 0.2) is 78.9 Å². The zero-order chi connectivity index (χ0) is 24.5. The largest absolute Gasteiger partial charge is 0.369 e. The summed E-state index contributed by atoms with van der Waals surface area (Å²) in [7, 11) is 0. The Labute approximate surface area is 211 Å². The van der Waals surface area contributed by atoms with E-state index in [2.05, 4.69) is 62.9 Å². The van der Waals surface area contributed by atoms with Crippen LogP contribution in [0.25, 0.3) is 0 Å². The molecule has 0 radical (unpaired) electrons. The molecule has 0 aliphatic carbocycles. The first-order valence-electron chi connectivity index (χ1n) is 11.9. The molecule has 0 unspecified atom stereocenters. The SMILES string of the molecule is Cc1cccc(NC(=O)CSCC(=O)Nc2ccc(N3CCN(Cc4ccccc4)CC3)cc2)c1. The maximum absolute atomic E-state index is 12.3. The molecular formula is C28H32N4O2S. The summed E-state index contributed by atoms with van der Waals surface area (Å²) in [6.07, 6.45) is 0. The quantitative estimate of drug-likeness (QED) is 0.460. The van der Waals surface area contributed by atoms with Crippen LogP contribution in [0.5, 0.6) is 0 Å². The standard InChI is InChI=1S/C28H32N4O2S/c1-22-6-5-9-25(18-22)30-28(34)21-35-20-27(33)29-24-10-12-26(13-11-24)32-16-14-31(15-17-32)19-23-7-3-2-4-8-23/h2-13,18H,14-17,19-21H2,1H3,(H,29,33)(H,30,34). The van der Waals surface area contributed by atoms with Gasteiger partial charge in [-0.1, -0.05) is 42.5 Å². The van der Waals surface area contributed by atoms with Gasteiger partial charge in [0, 0.05) is 49.8 Å². The summed E-state index contributed by atoms with van der Waals surface area (Å²) in [5.41, 5.74) is 5.16. The molecule has 7 heteroatoms. The van der Waals surface area contributed by atoms with Crippen LogP contribution in [0.2, 0.25) is 0 Å². The fraction of sp³-hybridized carbons (Fsp3) is 0.286. The van der Waals surface area contributed by atoms with Crippen molar-refractivity contribution in [2.24, 2.45) is 0 Å². The number of benzene rings is 3. The van der Waals surface area contributed by atoms with Crippen molar-refractivity contribution in [1.82, 2.24) is 4.90 Å². The third-order valence-corrected chi connectivity index (χ3v) is 6.84. The molecule has 6 nitrogen and oxygen atoms in total. The van der Waals surface area contributed by atoms with E-state index in [1.165, 1.54) is 23.0 Å². The molecule has 2 N–H and O–H groups in total. The molecule has 0 aromatic heterocycles. The Morgan fingerprint density at radius 1 is 0.771 bits per heavy atom. The maximum Gasteiger partial charge on any atom is 0.234 e. The van der Waals surface area contributed by atoms with E-state index in [4.69, 9.17) is 0 Å². The van der Waals surface area contributed by atoms with Crippen LogP contribution in [0, 0.1) is 6.92 Å². The predicted octanol–water partition coefficient (Wildman–Crippen LogP) is 4.63. The topological polar surface area (TPSA) is 64.7 Å². The van der Waals surface area contributed by atoms with Crippen molar-refractivity contribution >= 4 is 40.6 Å². The van der Waals surface area contributed by atoms with Gasteiger partial charge in [0.2, 0.25) is 11.8 Å². The summed E-state index contributed by atoms with van der Waals surface area (Å²) in [5, 5.41) is 5.78. The zero-order valence-electron chi connectivity index (χ0n) is 20.1. The van der Waals surface area contributed by atoms with E-state index >= 15 is 0 Å². The van der Waals surface area contributed by atoms with E-state index in [1.807, 2.05) is 43.3 Å². The second kappa shape index (κ2) is 12.4. The number of carbonyl (C=O) groups is 2. The lowest BCUT2D eigenvalue weighted by Gasteiger charge is -2.36. The Kier molecular flexibility index (Phi) is 8.81. The summed E-state index contributed by atoms with van der Waals surface area (Å²) in [4.78, 5) is 29.3. The van der Waals surface area contributed by atoms with E-state index in [0.717, 1.165) is 49.7 Å². The van der Waals surface area contributed by atoms with Crippen molar-refractivity contribution in [3.63, 3.8) is 0 Å². The summed E-state index contributed by atoms with van der Waals surface area (Å²) in [6.45, 7) is 7.00. The number of hydrogen-bond donors (Lipinski definition) is 2. The maximum atomic E-state index is 12.3. The number of rotatable bonds is 9. The molecule has 182 valence electrons. The molecule has 1 fully saturated rings. The molecule has 1 saturated heterocycles. The second-order valence-electron chi connectivity index (χ2n) is 8.75. The molecule has 0 saturated carbocycles. The minimum atomic E-state index is -0.111. The minimum Gasteiger partial charge on any atom is -0.369 e. The van der Waals surface area contributed by atoms with Crippen molar-refractivity contribution in [2.75, 3.05) is 53.2 Å². The van der Waals surface area contributed by atoms with Gasteiger partial charge in [-0.15, -0.1) is 11.8 Å². The minimum absolute atomic E-state index is 0.110. The van der Waals surface area contributed by atoms with Gasteiger partial charge in [0.1, 0.15) is 0 Å².